The summed E-state index contributed by atoms with van der Waals surface area (Å²) in [5.41, 5.74) is -5.05. The standard InChI is InChI=1S/C10H14F3N2O14P3S/c11-10(12,13)3-1-15(9(19)14-7(3)18)8-6(17)5(16)4(27-8)2-26-32(25,33)29-31(23,24)28-30(20,21)22/h1,4-6,8,16-17H,2H2,(H,23,24)(H,25,33)(H,14,18,19)(H2,20,21,22)/t4-,5?,6+,8-,32?/m1/s1. The lowest BCUT2D eigenvalue weighted by Crippen LogP contribution is -2.40. The molecule has 0 aliphatic carbocycles. The highest BCUT2D eigenvalue weighted by atomic mass is 32.5. The molecule has 7 N–H and O–H groups in total. The number of aromatic nitrogens is 2. The zero-order valence-corrected chi connectivity index (χ0v) is 18.9. The first kappa shape index (κ1) is 28.4. The number of halogens is 3. The summed E-state index contributed by atoms with van der Waals surface area (Å²) < 4.78 is 77.9. The van der Waals surface area contributed by atoms with Crippen molar-refractivity contribution < 1.29 is 70.0 Å². The summed E-state index contributed by atoms with van der Waals surface area (Å²) in [7, 11) is -11.2. The number of aromatic amines is 1. The molecule has 1 aliphatic heterocycles. The topological polar surface area (TPSA) is 247 Å². The Morgan fingerprint density at radius 1 is 1.12 bits per heavy atom. The number of rotatable bonds is 8. The van der Waals surface area contributed by atoms with Crippen LogP contribution in [-0.4, -0.2) is 64.3 Å². The average Bonchev–Trinajstić information content (AvgIpc) is 2.84. The fourth-order valence-electron chi connectivity index (χ4n) is 2.44. The SMILES string of the molecule is O=c1[nH]c(=O)n([C@@H]2O[C@H](COP(O)(=S)OP(=O)(O)OP(=O)(O)O)C(O)[C@@H]2O)cc1C(F)(F)F. The van der Waals surface area contributed by atoms with Crippen LogP contribution in [0.4, 0.5) is 13.2 Å². The fraction of sp³-hybridized carbons (Fsp3) is 0.600. The number of alkyl halides is 3. The van der Waals surface area contributed by atoms with Crippen LogP contribution in [0.15, 0.2) is 15.8 Å². The van der Waals surface area contributed by atoms with Crippen molar-refractivity contribution in [1.29, 1.82) is 0 Å². The maximum absolute atomic E-state index is 12.9. The molecule has 1 fully saturated rings. The molecular weight excluding hydrogens is 554 g/mol. The molecule has 6 atom stereocenters. The molecule has 23 heteroatoms. The Hall–Kier alpha value is -0.820. The van der Waals surface area contributed by atoms with Gasteiger partial charge >= 0.3 is 34.2 Å². The third-order valence-electron chi connectivity index (χ3n) is 3.70. The molecule has 0 bridgehead atoms. The van der Waals surface area contributed by atoms with Gasteiger partial charge in [0.1, 0.15) is 23.9 Å². The summed E-state index contributed by atoms with van der Waals surface area (Å²) in [6.07, 6.45) is -13.0. The molecule has 1 aromatic heterocycles. The minimum absolute atomic E-state index is 0.0337. The summed E-state index contributed by atoms with van der Waals surface area (Å²) in [5, 5.41) is 20.1. The highest BCUT2D eigenvalue weighted by Gasteiger charge is 2.46. The lowest BCUT2D eigenvalue weighted by Gasteiger charge is -2.21. The molecule has 16 nitrogen and oxygen atoms in total. The van der Waals surface area contributed by atoms with Crippen molar-refractivity contribution in [3.05, 3.63) is 32.6 Å². The Morgan fingerprint density at radius 3 is 2.21 bits per heavy atom. The highest BCUT2D eigenvalue weighted by Crippen LogP contribution is 2.66. The summed E-state index contributed by atoms with van der Waals surface area (Å²) >= 11 is 4.34. The Morgan fingerprint density at radius 2 is 1.70 bits per heavy atom. The number of H-pyrrole nitrogens is 1. The van der Waals surface area contributed by atoms with E-state index in [1.807, 2.05) is 0 Å². The van der Waals surface area contributed by atoms with Crippen LogP contribution in [0.3, 0.4) is 0 Å². The van der Waals surface area contributed by atoms with E-state index in [1.165, 1.54) is 4.98 Å². The molecule has 2 rings (SSSR count). The van der Waals surface area contributed by atoms with Crippen LogP contribution in [0, 0.1) is 0 Å². The van der Waals surface area contributed by atoms with Crippen LogP contribution >= 0.6 is 22.4 Å². The van der Waals surface area contributed by atoms with E-state index < -0.39 is 76.5 Å². The van der Waals surface area contributed by atoms with Crippen LogP contribution in [0.25, 0.3) is 0 Å². The Balaban J connectivity index is 2.18. The molecule has 1 saturated heterocycles. The number of ether oxygens (including phenoxy) is 1. The predicted molar refractivity (Wildman–Crippen MR) is 98.7 cm³/mol. The second-order valence-electron chi connectivity index (χ2n) is 6.14. The molecule has 0 saturated carbocycles. The van der Waals surface area contributed by atoms with Crippen molar-refractivity contribution in [2.24, 2.45) is 0 Å². The summed E-state index contributed by atoms with van der Waals surface area (Å²) in [6.45, 7) is -5.89. The molecule has 33 heavy (non-hydrogen) atoms. The third-order valence-corrected chi connectivity index (χ3v) is 8.42. The van der Waals surface area contributed by atoms with Gasteiger partial charge in [-0.15, -0.1) is 0 Å². The Bertz CT molecular complexity index is 1150. The van der Waals surface area contributed by atoms with Gasteiger partial charge in [0.05, 0.1) is 6.61 Å². The smallest absolute Gasteiger partial charge is 0.387 e. The monoisotopic (exact) mass is 568 g/mol. The van der Waals surface area contributed by atoms with Gasteiger partial charge in [-0.05, 0) is 11.8 Å². The lowest BCUT2D eigenvalue weighted by atomic mass is 10.1. The quantitative estimate of drug-likeness (QED) is 0.179. The second kappa shape index (κ2) is 9.67. The van der Waals surface area contributed by atoms with Gasteiger partial charge < -0.3 is 39.0 Å². The minimum atomic E-state index is -5.65. The maximum atomic E-state index is 12.9. The number of hydrogen-bond acceptors (Lipinski definition) is 11. The van der Waals surface area contributed by atoms with Crippen molar-refractivity contribution in [2.45, 2.75) is 30.7 Å². The molecule has 1 aliphatic rings. The zero-order chi connectivity index (χ0) is 25.6. The third kappa shape index (κ3) is 7.58. The minimum Gasteiger partial charge on any atom is -0.387 e. The largest absolute Gasteiger partial charge is 0.488 e. The van der Waals surface area contributed by atoms with Gasteiger partial charge in [-0.25, -0.2) is 18.2 Å². The van der Waals surface area contributed by atoms with E-state index in [-0.39, 0.29) is 10.8 Å². The Labute approximate surface area is 184 Å². The normalized spacial score (nSPS) is 27.8. The zero-order valence-electron chi connectivity index (χ0n) is 15.4. The van der Waals surface area contributed by atoms with Gasteiger partial charge in [0.2, 0.25) is 0 Å². The van der Waals surface area contributed by atoms with Crippen LogP contribution in [0.1, 0.15) is 11.8 Å². The molecule has 190 valence electrons. The molecule has 1 aromatic rings. The van der Waals surface area contributed by atoms with Gasteiger partial charge in [-0.2, -0.15) is 17.5 Å². The number of aliphatic hydroxyl groups is 2. The van der Waals surface area contributed by atoms with E-state index in [0.29, 0.717) is 0 Å². The van der Waals surface area contributed by atoms with E-state index in [9.17, 15) is 47.0 Å². The first-order valence-corrected chi connectivity index (χ1v) is 13.6. The maximum Gasteiger partial charge on any atom is 0.488 e. The summed E-state index contributed by atoms with van der Waals surface area (Å²) in [5.74, 6) is 0. The number of phosphoric acid groups is 2. The van der Waals surface area contributed by atoms with E-state index >= 15 is 0 Å². The molecular formula is C10H14F3N2O14P3S. The number of nitrogens with one attached hydrogen (secondary N) is 1. The van der Waals surface area contributed by atoms with Crippen LogP contribution in [-0.2, 0) is 45.0 Å². The first-order chi connectivity index (χ1) is 14.7. The van der Waals surface area contributed by atoms with Crippen molar-refractivity contribution in [3.8, 4) is 0 Å². The molecule has 0 amide bonds. The van der Waals surface area contributed by atoms with Crippen LogP contribution in [0.2, 0.25) is 0 Å². The Kier molecular flexibility index (Phi) is 8.33. The van der Waals surface area contributed by atoms with Gasteiger partial charge in [0.15, 0.2) is 6.23 Å². The van der Waals surface area contributed by atoms with Crippen molar-refractivity contribution in [1.82, 2.24) is 9.55 Å². The van der Waals surface area contributed by atoms with Gasteiger partial charge in [0.25, 0.3) is 5.56 Å². The summed E-state index contributed by atoms with van der Waals surface area (Å²) in [6, 6.07) is 0. The molecule has 2 heterocycles. The lowest BCUT2D eigenvalue weighted by molar-refractivity contribution is -0.140. The fourth-order valence-corrected chi connectivity index (χ4v) is 6.41. The van der Waals surface area contributed by atoms with E-state index in [1.54, 1.807) is 0 Å². The van der Waals surface area contributed by atoms with Crippen molar-refractivity contribution in [3.63, 3.8) is 0 Å². The molecule has 0 spiro atoms. The van der Waals surface area contributed by atoms with Crippen LogP contribution < -0.4 is 11.2 Å². The van der Waals surface area contributed by atoms with E-state index in [4.69, 9.17) is 19.4 Å². The molecule has 3 unspecified atom stereocenters. The second-order valence-corrected chi connectivity index (χ2v) is 11.9. The first-order valence-electron chi connectivity index (χ1n) is 7.95. The van der Waals surface area contributed by atoms with E-state index in [0.717, 1.165) is 0 Å². The number of hydrogen-bond donors (Lipinski definition) is 7. The van der Waals surface area contributed by atoms with Gasteiger partial charge in [-0.1, -0.05) is 0 Å². The van der Waals surface area contributed by atoms with Crippen LogP contribution in [0.5, 0.6) is 0 Å². The van der Waals surface area contributed by atoms with Gasteiger partial charge in [-0.3, -0.25) is 14.3 Å². The van der Waals surface area contributed by atoms with Gasteiger partial charge in [0, 0.05) is 6.20 Å². The average molecular weight is 568 g/mol. The van der Waals surface area contributed by atoms with Crippen molar-refractivity contribution in [2.75, 3.05) is 6.61 Å². The molecule has 0 aromatic carbocycles. The van der Waals surface area contributed by atoms with Crippen molar-refractivity contribution >= 4 is 34.2 Å². The van der Waals surface area contributed by atoms with E-state index in [2.05, 4.69) is 25.0 Å². The summed E-state index contributed by atoms with van der Waals surface area (Å²) in [4.78, 5) is 60.5. The predicted octanol–water partition coefficient (Wildman–Crippen LogP) is -1.37. The number of nitrogens with zero attached hydrogens (tertiary/aromatic N) is 1. The number of aliphatic hydroxyl groups excluding tert-OH is 2. The highest BCUT2D eigenvalue weighted by molar-refractivity contribution is 8.08. The molecule has 0 radical (unpaired) electrons.